The van der Waals surface area contributed by atoms with Crippen molar-refractivity contribution in [2.24, 2.45) is 11.8 Å². The van der Waals surface area contributed by atoms with Crippen LogP contribution >= 0.6 is 0 Å². The molecule has 4 nitrogen and oxygen atoms in total. The van der Waals surface area contributed by atoms with Crippen LogP contribution in [0.25, 0.3) is 0 Å². The normalized spacial score (nSPS) is 29.6. The van der Waals surface area contributed by atoms with Gasteiger partial charge in [0, 0.05) is 18.1 Å². The predicted molar refractivity (Wildman–Crippen MR) is 130 cm³/mol. The average molecular weight is 433 g/mol. The second kappa shape index (κ2) is 12.9. The molecule has 2 heterocycles. The Kier molecular flexibility index (Phi) is 10.9. The van der Waals surface area contributed by atoms with Crippen LogP contribution < -0.4 is 0 Å². The summed E-state index contributed by atoms with van der Waals surface area (Å²) in [4.78, 5) is 28.6. The van der Waals surface area contributed by atoms with Gasteiger partial charge in [0.05, 0.1) is 6.04 Å². The van der Waals surface area contributed by atoms with E-state index < -0.39 is 0 Å². The maximum atomic E-state index is 12.4. The first-order chi connectivity index (χ1) is 14.8. The molecule has 2 aliphatic rings. The summed E-state index contributed by atoms with van der Waals surface area (Å²) in [5, 5.41) is 0. The van der Waals surface area contributed by atoms with Gasteiger partial charge in [0.25, 0.3) is 0 Å². The van der Waals surface area contributed by atoms with Gasteiger partial charge in [-0.1, -0.05) is 64.5 Å². The number of Topliss-reactive ketones (excluding diaryl/α,β-unsaturated/α-hetero) is 1. The van der Waals surface area contributed by atoms with Gasteiger partial charge in [-0.15, -0.1) is 0 Å². The fourth-order valence-corrected chi connectivity index (χ4v) is 5.61. The van der Waals surface area contributed by atoms with Crippen molar-refractivity contribution in [3.8, 4) is 0 Å². The Morgan fingerprint density at radius 3 is 2.42 bits per heavy atom. The lowest BCUT2D eigenvalue weighted by atomic mass is 9.76. The summed E-state index contributed by atoms with van der Waals surface area (Å²) in [5.41, 5.74) is 0.103. The van der Waals surface area contributed by atoms with E-state index in [9.17, 15) is 9.59 Å². The summed E-state index contributed by atoms with van der Waals surface area (Å²) in [5.74, 6) is 0.715. The highest BCUT2D eigenvalue weighted by Crippen LogP contribution is 2.39. The molecule has 0 aromatic carbocycles. The Morgan fingerprint density at radius 2 is 1.74 bits per heavy atom. The first-order valence-corrected chi connectivity index (χ1v) is 12.9. The summed E-state index contributed by atoms with van der Waals surface area (Å²) >= 11 is 0. The number of aldehydes is 1. The third kappa shape index (κ3) is 7.25. The Bertz CT molecular complexity index is 586. The van der Waals surface area contributed by atoms with Crippen LogP contribution in [0.3, 0.4) is 0 Å². The van der Waals surface area contributed by atoms with Crippen molar-refractivity contribution in [2.75, 3.05) is 20.1 Å². The molecular formula is C27H48N2O2. The monoisotopic (exact) mass is 432 g/mol. The molecule has 2 rings (SSSR count). The molecular weight excluding hydrogens is 384 g/mol. The molecule has 0 saturated carbocycles. The van der Waals surface area contributed by atoms with Gasteiger partial charge in [0.15, 0.2) is 6.29 Å². The molecule has 2 saturated heterocycles. The van der Waals surface area contributed by atoms with Crippen molar-refractivity contribution in [3.63, 3.8) is 0 Å². The zero-order valence-electron chi connectivity index (χ0n) is 20.9. The van der Waals surface area contributed by atoms with Crippen molar-refractivity contribution in [3.05, 3.63) is 12.2 Å². The fourth-order valence-electron chi connectivity index (χ4n) is 5.61. The molecule has 4 unspecified atom stereocenters. The van der Waals surface area contributed by atoms with Gasteiger partial charge in [0.2, 0.25) is 5.78 Å². The molecule has 4 heteroatoms. The highest BCUT2D eigenvalue weighted by atomic mass is 16.2. The molecule has 0 amide bonds. The number of ketones is 1. The molecule has 2 aliphatic heterocycles. The Labute approximate surface area is 191 Å². The van der Waals surface area contributed by atoms with Crippen LogP contribution in [-0.4, -0.2) is 59.6 Å². The maximum Gasteiger partial charge on any atom is 0.212 e. The van der Waals surface area contributed by atoms with E-state index in [2.05, 4.69) is 56.7 Å². The highest BCUT2D eigenvalue weighted by Gasteiger charge is 2.47. The first kappa shape index (κ1) is 26.3. The Morgan fingerprint density at radius 1 is 1.06 bits per heavy atom. The summed E-state index contributed by atoms with van der Waals surface area (Å²) in [6.45, 7) is 11.2. The van der Waals surface area contributed by atoms with E-state index in [1.54, 1.807) is 0 Å². The van der Waals surface area contributed by atoms with Crippen LogP contribution in [0.5, 0.6) is 0 Å². The number of carbonyl (C=O) groups excluding carboxylic acids is 2. The van der Waals surface area contributed by atoms with Gasteiger partial charge in [-0.25, -0.2) is 0 Å². The number of likely N-dealkylation sites (tertiary alicyclic amines) is 2. The van der Waals surface area contributed by atoms with Gasteiger partial charge in [-0.3, -0.25) is 14.5 Å². The number of rotatable bonds is 13. The van der Waals surface area contributed by atoms with Gasteiger partial charge in [-0.2, -0.15) is 0 Å². The largest absolute Gasteiger partial charge is 0.301 e. The zero-order valence-corrected chi connectivity index (χ0v) is 20.9. The third-order valence-corrected chi connectivity index (χ3v) is 8.34. The van der Waals surface area contributed by atoms with E-state index in [1.807, 2.05) is 0 Å². The van der Waals surface area contributed by atoms with E-state index in [0.717, 1.165) is 32.4 Å². The second-order valence-corrected chi connectivity index (χ2v) is 10.7. The highest BCUT2D eigenvalue weighted by molar-refractivity contribution is 6.27. The van der Waals surface area contributed by atoms with Crippen molar-refractivity contribution >= 4 is 12.1 Å². The van der Waals surface area contributed by atoms with E-state index in [4.69, 9.17) is 0 Å². The lowest BCUT2D eigenvalue weighted by Crippen LogP contribution is -2.61. The topological polar surface area (TPSA) is 40.6 Å². The van der Waals surface area contributed by atoms with E-state index in [0.29, 0.717) is 24.2 Å². The summed E-state index contributed by atoms with van der Waals surface area (Å²) < 4.78 is 0. The molecule has 0 bridgehead atoms. The molecule has 4 atom stereocenters. The van der Waals surface area contributed by atoms with Crippen LogP contribution in [0.2, 0.25) is 0 Å². The fraction of sp³-hybridized carbons (Fsp3) is 0.852. The zero-order chi connectivity index (χ0) is 22.9. The third-order valence-electron chi connectivity index (χ3n) is 8.34. The number of nitrogens with zero attached hydrogens (tertiary/aromatic N) is 2. The Hall–Kier alpha value is -1.00. The summed E-state index contributed by atoms with van der Waals surface area (Å²) in [7, 11) is 2.20. The smallest absolute Gasteiger partial charge is 0.212 e. The molecule has 0 aromatic heterocycles. The average Bonchev–Trinajstić information content (AvgIpc) is 3.17. The molecule has 2 fully saturated rings. The van der Waals surface area contributed by atoms with Crippen molar-refractivity contribution < 1.29 is 9.59 Å². The minimum atomic E-state index is -0.224. The van der Waals surface area contributed by atoms with Crippen LogP contribution in [0.1, 0.15) is 98.3 Å². The summed E-state index contributed by atoms with van der Waals surface area (Å²) in [6.07, 6.45) is 18.8. The Balaban J connectivity index is 1.83. The van der Waals surface area contributed by atoms with Gasteiger partial charge in [0.1, 0.15) is 0 Å². The maximum absolute atomic E-state index is 12.4. The number of hydrogen-bond donors (Lipinski definition) is 0. The minimum Gasteiger partial charge on any atom is -0.301 e. The van der Waals surface area contributed by atoms with Crippen LogP contribution in [0.4, 0.5) is 0 Å². The molecule has 0 N–H and O–H groups in total. The van der Waals surface area contributed by atoms with Crippen molar-refractivity contribution in [2.45, 2.75) is 116 Å². The lowest BCUT2D eigenvalue weighted by Gasteiger charge is -2.52. The molecule has 0 spiro atoms. The van der Waals surface area contributed by atoms with E-state index in [-0.39, 0.29) is 17.4 Å². The van der Waals surface area contributed by atoms with Crippen LogP contribution in [-0.2, 0) is 9.59 Å². The molecule has 0 aromatic rings. The molecule has 31 heavy (non-hydrogen) atoms. The summed E-state index contributed by atoms with van der Waals surface area (Å²) in [6, 6.07) is 0.160. The number of allylic oxidation sites excluding steroid dienone is 2. The first-order valence-electron chi connectivity index (χ1n) is 12.9. The second-order valence-electron chi connectivity index (χ2n) is 10.7. The molecule has 178 valence electrons. The van der Waals surface area contributed by atoms with E-state index >= 15 is 0 Å². The minimum absolute atomic E-state index is 0.103. The molecule has 0 radical (unpaired) electrons. The van der Waals surface area contributed by atoms with Gasteiger partial charge in [-0.05, 0) is 71.4 Å². The van der Waals surface area contributed by atoms with E-state index in [1.165, 1.54) is 51.4 Å². The number of piperidine rings is 1. The number of unbranched alkanes of at least 4 members (excludes halogenated alkanes) is 7. The number of hydrogen-bond acceptors (Lipinski definition) is 4. The number of carbonyl (C=O) groups is 2. The lowest BCUT2D eigenvalue weighted by molar-refractivity contribution is -0.134. The standard InChI is InChI=1S/C27H48N2O2/c1-6-7-8-9-10-11-12-13-14-15-16-23-19-25(26(31)21-30)29(20-23)24-17-18-28(5)27(3,4)22(24)2/h14-15,21-25H,6-13,16-20H2,1-5H3. The van der Waals surface area contributed by atoms with Gasteiger partial charge < -0.3 is 4.90 Å². The molecule has 0 aliphatic carbocycles. The SMILES string of the molecule is CCCCCCCCCC=CCC1CC(C(=O)C=O)N(C2CCN(C)C(C)(C)C2C)C1. The van der Waals surface area contributed by atoms with Crippen LogP contribution in [0.15, 0.2) is 12.2 Å². The van der Waals surface area contributed by atoms with Crippen LogP contribution in [0, 0.1) is 11.8 Å². The quantitative estimate of drug-likeness (QED) is 0.163. The predicted octanol–water partition coefficient (Wildman–Crippen LogP) is 5.65. The van der Waals surface area contributed by atoms with Crippen molar-refractivity contribution in [1.82, 2.24) is 9.80 Å². The van der Waals surface area contributed by atoms with Crippen molar-refractivity contribution in [1.29, 1.82) is 0 Å². The van der Waals surface area contributed by atoms with Gasteiger partial charge >= 0.3 is 0 Å².